The van der Waals surface area contributed by atoms with E-state index in [4.69, 9.17) is 10.5 Å². The van der Waals surface area contributed by atoms with Gasteiger partial charge in [0.05, 0.1) is 6.42 Å². The third-order valence-corrected chi connectivity index (χ3v) is 4.46. The van der Waals surface area contributed by atoms with Crippen molar-refractivity contribution in [1.29, 1.82) is 0 Å². The van der Waals surface area contributed by atoms with Crippen molar-refractivity contribution >= 4 is 29.4 Å². The number of rotatable bonds is 9. The molecule has 5 heteroatoms. The van der Waals surface area contributed by atoms with Gasteiger partial charge in [0.2, 0.25) is 0 Å². The third-order valence-electron chi connectivity index (χ3n) is 4.46. The zero-order valence-electron chi connectivity index (χ0n) is 16.9. The van der Waals surface area contributed by atoms with Gasteiger partial charge in [-0.15, -0.1) is 0 Å². The summed E-state index contributed by atoms with van der Waals surface area (Å²) >= 11 is 0. The summed E-state index contributed by atoms with van der Waals surface area (Å²) < 4.78 is 5.79. The summed E-state index contributed by atoms with van der Waals surface area (Å²) in [5.41, 5.74) is 8.95. The van der Waals surface area contributed by atoms with E-state index < -0.39 is 0 Å². The fraction of sp³-hybridized carbons (Fsp3) is 0.0769. The molecule has 5 nitrogen and oxygen atoms in total. The van der Waals surface area contributed by atoms with Crippen LogP contribution in [0.25, 0.3) is 12.2 Å². The first kappa shape index (κ1) is 21.6. The van der Waals surface area contributed by atoms with Crippen molar-refractivity contribution in [2.75, 3.05) is 5.73 Å². The number of ether oxygens (including phenoxy) is 1. The van der Waals surface area contributed by atoms with E-state index >= 15 is 0 Å². The number of ketones is 2. The molecule has 31 heavy (non-hydrogen) atoms. The van der Waals surface area contributed by atoms with Crippen LogP contribution < -0.4 is 10.5 Å². The lowest BCUT2D eigenvalue weighted by Crippen LogP contribution is -2.02. The van der Waals surface area contributed by atoms with Gasteiger partial charge in [0.25, 0.3) is 0 Å². The minimum Gasteiger partial charge on any atom is -0.508 e. The Balaban J connectivity index is 1.56. The largest absolute Gasteiger partial charge is 0.508 e. The van der Waals surface area contributed by atoms with Crippen molar-refractivity contribution in [3.05, 3.63) is 102 Å². The van der Waals surface area contributed by atoms with E-state index in [1.165, 1.54) is 24.3 Å². The van der Waals surface area contributed by atoms with Gasteiger partial charge in [-0.05, 0) is 59.7 Å². The van der Waals surface area contributed by atoms with Crippen molar-refractivity contribution in [3.8, 4) is 11.5 Å². The minimum absolute atomic E-state index is 0.151. The molecule has 0 spiro atoms. The van der Waals surface area contributed by atoms with Crippen LogP contribution in [0.4, 0.5) is 5.69 Å². The maximum atomic E-state index is 12.1. The van der Waals surface area contributed by atoms with Crippen LogP contribution in [-0.2, 0) is 16.2 Å². The lowest BCUT2D eigenvalue weighted by molar-refractivity contribution is -0.121. The van der Waals surface area contributed by atoms with Crippen LogP contribution in [0.3, 0.4) is 0 Å². The third kappa shape index (κ3) is 7.01. The number of aromatic hydroxyl groups is 1. The summed E-state index contributed by atoms with van der Waals surface area (Å²) in [5.74, 6) is 0.154. The Hall–Kier alpha value is -4.12. The Morgan fingerprint density at radius 2 is 1.55 bits per heavy atom. The molecular weight excluding hydrogens is 390 g/mol. The number of nitrogens with two attached hydrogens (primary N) is 1. The molecule has 0 saturated heterocycles. The Bertz CT molecular complexity index is 1100. The highest BCUT2D eigenvalue weighted by Crippen LogP contribution is 2.22. The summed E-state index contributed by atoms with van der Waals surface area (Å²) in [6.45, 7) is 0.425. The van der Waals surface area contributed by atoms with Gasteiger partial charge in [-0.25, -0.2) is 0 Å². The SMILES string of the molecule is Nc1ccc(OCc2ccccc2)cc1/C=C/C(=O)CC(=O)/C=C/c1ccc(O)cc1. The van der Waals surface area contributed by atoms with Crippen molar-refractivity contribution < 1.29 is 19.4 Å². The smallest absolute Gasteiger partial charge is 0.163 e. The first-order chi connectivity index (χ1) is 15.0. The van der Waals surface area contributed by atoms with Crippen molar-refractivity contribution in [2.45, 2.75) is 13.0 Å². The Morgan fingerprint density at radius 1 is 0.871 bits per heavy atom. The van der Waals surface area contributed by atoms with Gasteiger partial charge in [-0.1, -0.05) is 48.5 Å². The number of hydrogen-bond acceptors (Lipinski definition) is 5. The first-order valence-electron chi connectivity index (χ1n) is 9.77. The van der Waals surface area contributed by atoms with Crippen LogP contribution in [-0.4, -0.2) is 16.7 Å². The normalized spacial score (nSPS) is 11.1. The predicted molar refractivity (Wildman–Crippen MR) is 122 cm³/mol. The molecule has 156 valence electrons. The molecule has 3 N–H and O–H groups in total. The maximum absolute atomic E-state index is 12.1. The summed E-state index contributed by atoms with van der Waals surface area (Å²) in [6.07, 6.45) is 5.65. The number of carbonyl (C=O) groups is 2. The number of hydrogen-bond donors (Lipinski definition) is 2. The van der Waals surface area contributed by atoms with Crippen LogP contribution in [0.1, 0.15) is 23.1 Å². The molecule has 0 saturated carbocycles. The predicted octanol–water partition coefficient (Wildman–Crippen LogP) is 4.81. The molecule has 0 atom stereocenters. The molecule has 0 aliphatic carbocycles. The van der Waals surface area contributed by atoms with Crippen LogP contribution in [0.2, 0.25) is 0 Å². The van der Waals surface area contributed by atoms with Crippen LogP contribution in [0, 0.1) is 0 Å². The van der Waals surface area contributed by atoms with Gasteiger partial charge in [0.15, 0.2) is 11.6 Å². The van der Waals surface area contributed by atoms with Gasteiger partial charge < -0.3 is 15.6 Å². The molecule has 0 aromatic heterocycles. The topological polar surface area (TPSA) is 89.6 Å². The molecule has 3 rings (SSSR count). The second-order valence-electron chi connectivity index (χ2n) is 6.93. The van der Waals surface area contributed by atoms with Gasteiger partial charge in [0.1, 0.15) is 18.1 Å². The highest BCUT2D eigenvalue weighted by molar-refractivity contribution is 6.11. The van der Waals surface area contributed by atoms with Crippen LogP contribution in [0.5, 0.6) is 11.5 Å². The number of phenols is 1. The number of anilines is 1. The fourth-order valence-corrected chi connectivity index (χ4v) is 2.77. The fourth-order valence-electron chi connectivity index (χ4n) is 2.77. The molecule has 0 aliphatic rings. The average molecular weight is 413 g/mol. The van der Waals surface area contributed by atoms with E-state index in [1.807, 2.05) is 30.3 Å². The van der Waals surface area contributed by atoms with Crippen LogP contribution >= 0.6 is 0 Å². The van der Waals surface area contributed by atoms with Crippen LogP contribution in [0.15, 0.2) is 84.9 Å². The molecule has 3 aromatic rings. The van der Waals surface area contributed by atoms with Gasteiger partial charge in [-0.3, -0.25) is 9.59 Å². The molecule has 0 heterocycles. The summed E-state index contributed by atoms with van der Waals surface area (Å²) in [7, 11) is 0. The van der Waals surface area contributed by atoms with E-state index in [9.17, 15) is 14.7 Å². The van der Waals surface area contributed by atoms with Crippen molar-refractivity contribution in [3.63, 3.8) is 0 Å². The van der Waals surface area contributed by atoms with Gasteiger partial charge in [-0.2, -0.15) is 0 Å². The van der Waals surface area contributed by atoms with Crippen molar-refractivity contribution in [2.24, 2.45) is 0 Å². The molecule has 0 radical (unpaired) electrons. The minimum atomic E-state index is -0.324. The standard InChI is InChI=1S/C26H23NO4/c27-26-15-14-25(31-18-20-4-2-1-3-5-20)16-21(26)9-13-24(30)17-23(29)12-8-19-6-10-22(28)11-7-19/h1-16,28H,17-18,27H2/b12-8+,13-9+. The summed E-state index contributed by atoms with van der Waals surface area (Å²) in [6, 6.07) is 21.5. The van der Waals surface area contributed by atoms with Crippen molar-refractivity contribution in [1.82, 2.24) is 0 Å². The van der Waals surface area contributed by atoms with E-state index in [0.29, 0.717) is 23.6 Å². The monoisotopic (exact) mass is 413 g/mol. The average Bonchev–Trinajstić information content (AvgIpc) is 2.78. The number of allylic oxidation sites excluding steroid dienone is 2. The van der Waals surface area contributed by atoms with Gasteiger partial charge in [0, 0.05) is 11.3 Å². The molecular formula is C26H23NO4. The first-order valence-corrected chi connectivity index (χ1v) is 9.77. The number of benzene rings is 3. The quantitative estimate of drug-likeness (QED) is 0.299. The molecule has 0 aliphatic heterocycles. The second-order valence-corrected chi connectivity index (χ2v) is 6.93. The molecule has 3 aromatic carbocycles. The maximum Gasteiger partial charge on any atom is 0.163 e. The zero-order valence-corrected chi connectivity index (χ0v) is 16.9. The molecule has 0 unspecified atom stereocenters. The lowest BCUT2D eigenvalue weighted by Gasteiger charge is -2.08. The van der Waals surface area contributed by atoms with E-state index in [1.54, 1.807) is 42.5 Å². The zero-order chi connectivity index (χ0) is 22.1. The van der Waals surface area contributed by atoms with E-state index in [0.717, 1.165) is 11.1 Å². The molecule has 0 amide bonds. The summed E-state index contributed by atoms with van der Waals surface area (Å²) in [4.78, 5) is 24.2. The lowest BCUT2D eigenvalue weighted by atomic mass is 10.1. The van der Waals surface area contributed by atoms with E-state index in [-0.39, 0.29) is 23.7 Å². The van der Waals surface area contributed by atoms with E-state index in [2.05, 4.69) is 0 Å². The summed E-state index contributed by atoms with van der Waals surface area (Å²) in [5, 5.41) is 9.26. The number of nitrogen functional groups attached to an aromatic ring is 1. The Labute approximate surface area is 181 Å². The Kier molecular flexibility index (Phi) is 7.38. The Morgan fingerprint density at radius 3 is 2.26 bits per heavy atom. The second kappa shape index (κ2) is 10.6. The molecule has 0 bridgehead atoms. The van der Waals surface area contributed by atoms with Gasteiger partial charge >= 0.3 is 0 Å². The number of carbonyl (C=O) groups excluding carboxylic acids is 2. The highest BCUT2D eigenvalue weighted by atomic mass is 16.5. The highest BCUT2D eigenvalue weighted by Gasteiger charge is 2.05. The molecule has 0 fully saturated rings. The number of phenolic OH excluding ortho intramolecular Hbond substituents is 1.